The first-order valence-electron chi connectivity index (χ1n) is 7.92. The van der Waals surface area contributed by atoms with E-state index < -0.39 is 18.0 Å². The zero-order chi connectivity index (χ0) is 17.9. The van der Waals surface area contributed by atoms with Crippen LogP contribution in [0.5, 0.6) is 0 Å². The molecule has 4 unspecified atom stereocenters. The number of aliphatic hydroxyl groups excluding tert-OH is 1. The molecule has 1 saturated heterocycles. The summed E-state index contributed by atoms with van der Waals surface area (Å²) in [5.41, 5.74) is 1.27. The number of hydrogen-bond donors (Lipinski definition) is 2. The summed E-state index contributed by atoms with van der Waals surface area (Å²) in [4.78, 5) is 30.2. The smallest absolute Gasteiger partial charge is 0.353 e. The number of carboxylic acid groups (broad SMARTS) is 1. The number of nitrogens with zero attached hydrogens (tertiary/aromatic N) is 2. The summed E-state index contributed by atoms with van der Waals surface area (Å²) in [6, 6.07) is 6.94. The lowest BCUT2D eigenvalue weighted by Gasteiger charge is -2.46. The molecular formula is C17H16N2O5S. The minimum atomic E-state index is -1.16. The van der Waals surface area contributed by atoms with Crippen LogP contribution in [0, 0.1) is 11.8 Å². The van der Waals surface area contributed by atoms with E-state index >= 15 is 0 Å². The number of fused-ring (bicyclic) bond motifs is 2. The number of aromatic nitrogens is 1. The molecule has 2 aliphatic rings. The van der Waals surface area contributed by atoms with Gasteiger partial charge in [0.2, 0.25) is 5.91 Å². The first-order chi connectivity index (χ1) is 11.9. The summed E-state index contributed by atoms with van der Waals surface area (Å²) in [6.45, 7) is 3.42. The SMILES string of the molecule is CC(O)C1C(=O)N2C(C(=O)O)=C(Sc3nc4ccccc4o3)C(C)C12. The Kier molecular flexibility index (Phi) is 3.62. The molecule has 1 aromatic heterocycles. The van der Waals surface area contributed by atoms with Gasteiger partial charge in [0.25, 0.3) is 5.22 Å². The summed E-state index contributed by atoms with van der Waals surface area (Å²) < 4.78 is 5.67. The van der Waals surface area contributed by atoms with Crippen LogP contribution in [0.2, 0.25) is 0 Å². The van der Waals surface area contributed by atoms with E-state index in [0.29, 0.717) is 21.2 Å². The Morgan fingerprint density at radius 2 is 2.12 bits per heavy atom. The third kappa shape index (κ3) is 2.28. The minimum Gasteiger partial charge on any atom is -0.477 e. The number of aliphatic hydroxyl groups is 1. The van der Waals surface area contributed by atoms with Crippen LogP contribution in [0.3, 0.4) is 0 Å². The van der Waals surface area contributed by atoms with Gasteiger partial charge in [-0.25, -0.2) is 9.78 Å². The first-order valence-corrected chi connectivity index (χ1v) is 8.74. The van der Waals surface area contributed by atoms with Crippen LogP contribution >= 0.6 is 11.8 Å². The van der Waals surface area contributed by atoms with E-state index in [1.165, 1.54) is 4.90 Å². The van der Waals surface area contributed by atoms with Crippen molar-refractivity contribution in [1.29, 1.82) is 0 Å². The van der Waals surface area contributed by atoms with E-state index in [1.54, 1.807) is 13.0 Å². The topological polar surface area (TPSA) is 104 Å². The van der Waals surface area contributed by atoms with E-state index in [9.17, 15) is 19.8 Å². The van der Waals surface area contributed by atoms with Gasteiger partial charge < -0.3 is 19.5 Å². The van der Waals surface area contributed by atoms with E-state index in [0.717, 1.165) is 11.8 Å². The number of carboxylic acids is 1. The Morgan fingerprint density at radius 3 is 2.76 bits per heavy atom. The monoisotopic (exact) mass is 360 g/mol. The van der Waals surface area contributed by atoms with Gasteiger partial charge in [0.1, 0.15) is 11.2 Å². The normalized spacial score (nSPS) is 26.8. The Morgan fingerprint density at radius 1 is 1.40 bits per heavy atom. The van der Waals surface area contributed by atoms with Crippen LogP contribution in [0.15, 0.2) is 44.5 Å². The molecule has 4 rings (SSSR count). The highest BCUT2D eigenvalue weighted by molar-refractivity contribution is 8.03. The molecular weight excluding hydrogens is 344 g/mol. The van der Waals surface area contributed by atoms with Gasteiger partial charge in [-0.2, -0.15) is 0 Å². The Balaban J connectivity index is 1.72. The minimum absolute atomic E-state index is 0.0355. The molecule has 3 heterocycles. The van der Waals surface area contributed by atoms with Crippen molar-refractivity contribution in [2.75, 3.05) is 0 Å². The summed E-state index contributed by atoms with van der Waals surface area (Å²) in [5.74, 6) is -2.31. The molecule has 7 nitrogen and oxygen atoms in total. The fraction of sp³-hybridized carbons (Fsp3) is 0.353. The molecule has 1 fully saturated rings. The Labute approximate surface area is 147 Å². The van der Waals surface area contributed by atoms with Gasteiger partial charge in [-0.1, -0.05) is 19.1 Å². The average molecular weight is 360 g/mol. The van der Waals surface area contributed by atoms with Crippen molar-refractivity contribution in [3.05, 3.63) is 34.9 Å². The van der Waals surface area contributed by atoms with E-state index in [2.05, 4.69) is 4.98 Å². The highest BCUT2D eigenvalue weighted by atomic mass is 32.2. The molecule has 2 aromatic rings. The van der Waals surface area contributed by atoms with Crippen LogP contribution in [0.1, 0.15) is 13.8 Å². The van der Waals surface area contributed by atoms with Crippen molar-refractivity contribution in [1.82, 2.24) is 9.88 Å². The molecule has 0 radical (unpaired) electrons. The first kappa shape index (κ1) is 16.2. The lowest BCUT2D eigenvalue weighted by molar-refractivity contribution is -0.163. The maximum Gasteiger partial charge on any atom is 0.353 e. The van der Waals surface area contributed by atoms with Gasteiger partial charge in [0.05, 0.1) is 18.1 Å². The van der Waals surface area contributed by atoms with Crippen LogP contribution in [-0.4, -0.2) is 44.1 Å². The van der Waals surface area contributed by atoms with E-state index in [4.69, 9.17) is 4.42 Å². The van der Waals surface area contributed by atoms with Gasteiger partial charge in [0.15, 0.2) is 5.58 Å². The lowest BCUT2D eigenvalue weighted by Crippen LogP contribution is -2.63. The largest absolute Gasteiger partial charge is 0.477 e. The number of β-lactam (4-membered cyclic amide) rings is 1. The average Bonchev–Trinajstić information content (AvgIpc) is 3.05. The lowest BCUT2D eigenvalue weighted by atomic mass is 9.79. The number of carbonyl (C=O) groups is 2. The molecule has 130 valence electrons. The molecule has 0 saturated carbocycles. The van der Waals surface area contributed by atoms with Crippen LogP contribution in [-0.2, 0) is 9.59 Å². The number of thioether (sulfide) groups is 1. The molecule has 1 aromatic carbocycles. The van der Waals surface area contributed by atoms with Crippen molar-refractivity contribution in [3.8, 4) is 0 Å². The molecule has 8 heteroatoms. The second kappa shape index (κ2) is 5.60. The molecule has 0 spiro atoms. The Bertz CT molecular complexity index is 886. The predicted octanol–water partition coefficient (Wildman–Crippen LogP) is 2.07. The standard InChI is InChI=1S/C17H16N2O5S/c1-7-12-11(8(2)20)15(21)19(12)13(16(22)23)14(7)25-17-18-9-5-3-4-6-10(9)24-17/h3-8,11-12,20H,1-2H3,(H,22,23). The number of oxazole rings is 1. The molecule has 25 heavy (non-hydrogen) atoms. The summed E-state index contributed by atoms with van der Waals surface area (Å²) in [5, 5.41) is 19.8. The number of carbonyl (C=O) groups excluding carboxylic acids is 1. The van der Waals surface area contributed by atoms with E-state index in [-0.39, 0.29) is 23.6 Å². The third-order valence-corrected chi connectivity index (χ3v) is 5.92. The second-order valence-electron chi connectivity index (χ2n) is 6.32. The third-order valence-electron chi connectivity index (χ3n) is 4.78. The van der Waals surface area contributed by atoms with Crippen LogP contribution in [0.4, 0.5) is 0 Å². The summed E-state index contributed by atoms with van der Waals surface area (Å²) in [7, 11) is 0. The van der Waals surface area contributed by atoms with Crippen molar-refractivity contribution < 1.29 is 24.2 Å². The van der Waals surface area contributed by atoms with Gasteiger partial charge in [-0.05, 0) is 30.8 Å². The number of hydrogen-bond acceptors (Lipinski definition) is 6. The number of amides is 1. The van der Waals surface area contributed by atoms with Crippen LogP contribution < -0.4 is 0 Å². The van der Waals surface area contributed by atoms with Gasteiger partial charge in [-0.15, -0.1) is 0 Å². The fourth-order valence-electron chi connectivity index (χ4n) is 3.65. The quantitative estimate of drug-likeness (QED) is 0.804. The number of para-hydroxylation sites is 2. The number of benzene rings is 1. The summed E-state index contributed by atoms with van der Waals surface area (Å²) >= 11 is 1.13. The van der Waals surface area contributed by atoms with Gasteiger partial charge in [0, 0.05) is 10.8 Å². The molecule has 1 amide bonds. The van der Waals surface area contributed by atoms with Crippen LogP contribution in [0.25, 0.3) is 11.1 Å². The molecule has 2 N–H and O–H groups in total. The van der Waals surface area contributed by atoms with Gasteiger partial charge in [-0.3, -0.25) is 4.79 Å². The zero-order valence-electron chi connectivity index (χ0n) is 13.5. The van der Waals surface area contributed by atoms with Crippen molar-refractivity contribution >= 4 is 34.7 Å². The van der Waals surface area contributed by atoms with Crippen molar-refractivity contribution in [3.63, 3.8) is 0 Å². The number of rotatable bonds is 4. The van der Waals surface area contributed by atoms with Crippen molar-refractivity contribution in [2.45, 2.75) is 31.2 Å². The maximum absolute atomic E-state index is 12.3. The highest BCUT2D eigenvalue weighted by Gasteiger charge is 2.60. The fourth-order valence-corrected chi connectivity index (χ4v) is 4.72. The van der Waals surface area contributed by atoms with Gasteiger partial charge >= 0.3 is 5.97 Å². The molecule has 4 atom stereocenters. The van der Waals surface area contributed by atoms with Crippen molar-refractivity contribution in [2.24, 2.45) is 11.8 Å². The second-order valence-corrected chi connectivity index (χ2v) is 7.31. The molecule has 2 aliphatic heterocycles. The Hall–Kier alpha value is -2.32. The zero-order valence-corrected chi connectivity index (χ0v) is 14.4. The number of aliphatic carboxylic acids is 1. The highest BCUT2D eigenvalue weighted by Crippen LogP contribution is 2.51. The summed E-state index contributed by atoms with van der Waals surface area (Å²) in [6.07, 6.45) is -0.820. The van der Waals surface area contributed by atoms with E-state index in [1.807, 2.05) is 25.1 Å². The predicted molar refractivity (Wildman–Crippen MR) is 89.5 cm³/mol. The molecule has 0 aliphatic carbocycles. The maximum atomic E-state index is 12.3. The molecule has 0 bridgehead atoms.